The van der Waals surface area contributed by atoms with Gasteiger partial charge in [0.05, 0.1) is 5.69 Å². The predicted octanol–water partition coefficient (Wildman–Crippen LogP) is 6.82. The maximum absolute atomic E-state index is 14.3. The summed E-state index contributed by atoms with van der Waals surface area (Å²) in [5, 5.41) is 15.5. The van der Waals surface area contributed by atoms with E-state index < -0.39 is 5.92 Å². The molecule has 1 N–H and O–H groups in total. The van der Waals surface area contributed by atoms with Crippen molar-refractivity contribution in [3.8, 4) is 16.9 Å². The minimum absolute atomic E-state index is 0.0322. The zero-order valence-electron chi connectivity index (χ0n) is 21.5. The molecule has 0 bridgehead atoms. The number of aromatic hydroxyl groups is 1. The van der Waals surface area contributed by atoms with Gasteiger partial charge in [0.15, 0.2) is 0 Å². The van der Waals surface area contributed by atoms with Crippen LogP contribution < -0.4 is 5.56 Å². The van der Waals surface area contributed by atoms with Crippen LogP contribution in [0.2, 0.25) is 0 Å². The monoisotopic (exact) mass is 522 g/mol. The van der Waals surface area contributed by atoms with Crippen LogP contribution in [-0.2, 0) is 19.4 Å². The van der Waals surface area contributed by atoms with Crippen LogP contribution in [0.5, 0.6) is 5.75 Å². The Bertz CT molecular complexity index is 1630. The van der Waals surface area contributed by atoms with E-state index in [0.29, 0.717) is 41.8 Å². The van der Waals surface area contributed by atoms with Gasteiger partial charge >= 0.3 is 0 Å². The van der Waals surface area contributed by atoms with Crippen molar-refractivity contribution in [3.05, 3.63) is 153 Å². The average molecular weight is 523 g/mol. The summed E-state index contributed by atoms with van der Waals surface area (Å²) in [5.74, 6) is -1.21. The predicted molar refractivity (Wildman–Crippen MR) is 149 cm³/mol. The van der Waals surface area contributed by atoms with Crippen LogP contribution in [0.15, 0.2) is 108 Å². The molecule has 4 aromatic carbocycles. The summed E-state index contributed by atoms with van der Waals surface area (Å²) in [6.07, 6.45) is 0.978. The fourth-order valence-electron chi connectivity index (χ4n) is 5.03. The Balaban J connectivity index is 1.72. The molecule has 196 valence electrons. The number of aromatic nitrogens is 2. The standard InChI is InChI=1S/C33H28F2N2O2/c1-22-31(28-9-5-6-10-30(28)38)32(33(39)37(36-22)20-19-23-7-3-2-4-8-23)29(25-13-17-27(35)18-14-25)21-24-11-15-26(34)16-12-24/h2-18,29,38H,19-21H2,1H3. The molecule has 0 fully saturated rings. The van der Waals surface area contributed by atoms with Gasteiger partial charge in [0, 0.05) is 29.2 Å². The van der Waals surface area contributed by atoms with Gasteiger partial charge < -0.3 is 5.11 Å². The first kappa shape index (κ1) is 26.0. The van der Waals surface area contributed by atoms with E-state index in [-0.39, 0.29) is 22.9 Å². The molecule has 0 saturated heterocycles. The molecule has 0 aliphatic carbocycles. The Morgan fingerprint density at radius 1 is 0.795 bits per heavy atom. The van der Waals surface area contributed by atoms with E-state index >= 15 is 0 Å². The summed E-state index contributed by atoms with van der Waals surface area (Å²) in [7, 11) is 0. The number of rotatable bonds is 8. The lowest BCUT2D eigenvalue weighted by atomic mass is 9.82. The van der Waals surface area contributed by atoms with Gasteiger partial charge in [-0.1, -0.05) is 72.8 Å². The fourth-order valence-corrected chi connectivity index (χ4v) is 5.03. The number of phenols is 1. The molecule has 1 heterocycles. The number of benzene rings is 4. The second-order valence-electron chi connectivity index (χ2n) is 9.59. The van der Waals surface area contributed by atoms with E-state index in [1.54, 1.807) is 48.5 Å². The molecule has 1 aromatic heterocycles. The molecule has 39 heavy (non-hydrogen) atoms. The summed E-state index contributed by atoms with van der Waals surface area (Å²) < 4.78 is 29.1. The molecular weight excluding hydrogens is 494 g/mol. The minimum atomic E-state index is -0.511. The van der Waals surface area contributed by atoms with Gasteiger partial charge in [-0.05, 0) is 66.8 Å². The molecule has 6 heteroatoms. The van der Waals surface area contributed by atoms with Crippen LogP contribution in [-0.4, -0.2) is 14.9 Å². The van der Waals surface area contributed by atoms with Gasteiger partial charge in [0.25, 0.3) is 5.56 Å². The molecule has 0 aliphatic heterocycles. The van der Waals surface area contributed by atoms with Crippen molar-refractivity contribution in [2.75, 3.05) is 0 Å². The van der Waals surface area contributed by atoms with Crippen LogP contribution in [0, 0.1) is 18.6 Å². The van der Waals surface area contributed by atoms with E-state index in [2.05, 4.69) is 5.10 Å². The third-order valence-corrected chi connectivity index (χ3v) is 6.97. The lowest BCUT2D eigenvalue weighted by Crippen LogP contribution is -2.31. The highest BCUT2D eigenvalue weighted by atomic mass is 19.1. The van der Waals surface area contributed by atoms with Crippen molar-refractivity contribution in [1.82, 2.24) is 9.78 Å². The quantitative estimate of drug-likeness (QED) is 0.243. The highest BCUT2D eigenvalue weighted by Crippen LogP contribution is 2.38. The zero-order chi connectivity index (χ0) is 27.4. The Morgan fingerprint density at radius 2 is 1.41 bits per heavy atom. The smallest absolute Gasteiger partial charge is 0.271 e. The lowest BCUT2D eigenvalue weighted by Gasteiger charge is -2.24. The van der Waals surface area contributed by atoms with E-state index in [4.69, 9.17) is 0 Å². The number of para-hydroxylation sites is 1. The molecule has 0 spiro atoms. The van der Waals surface area contributed by atoms with Crippen molar-refractivity contribution in [3.63, 3.8) is 0 Å². The number of aryl methyl sites for hydroxylation is 3. The van der Waals surface area contributed by atoms with E-state index in [1.807, 2.05) is 37.3 Å². The van der Waals surface area contributed by atoms with Gasteiger partial charge in [-0.3, -0.25) is 4.79 Å². The van der Waals surface area contributed by atoms with Gasteiger partial charge in [-0.2, -0.15) is 5.10 Å². The Hall–Kier alpha value is -4.58. The highest BCUT2D eigenvalue weighted by Gasteiger charge is 2.27. The van der Waals surface area contributed by atoms with Gasteiger partial charge in [0.1, 0.15) is 17.4 Å². The van der Waals surface area contributed by atoms with Crippen LogP contribution in [0.1, 0.15) is 33.9 Å². The van der Waals surface area contributed by atoms with E-state index in [0.717, 1.165) is 16.7 Å². The number of hydrogen-bond donors (Lipinski definition) is 1. The Kier molecular flexibility index (Phi) is 7.64. The molecule has 1 atom stereocenters. The molecule has 5 aromatic rings. The van der Waals surface area contributed by atoms with Crippen molar-refractivity contribution >= 4 is 0 Å². The second kappa shape index (κ2) is 11.4. The second-order valence-corrected chi connectivity index (χ2v) is 9.59. The van der Waals surface area contributed by atoms with Crippen LogP contribution >= 0.6 is 0 Å². The third-order valence-electron chi connectivity index (χ3n) is 6.97. The molecule has 1 unspecified atom stereocenters. The lowest BCUT2D eigenvalue weighted by molar-refractivity contribution is 0.477. The molecule has 0 radical (unpaired) electrons. The summed E-state index contributed by atoms with van der Waals surface area (Å²) >= 11 is 0. The number of phenolic OH excluding ortho intramolecular Hbond substituents is 1. The molecule has 5 rings (SSSR count). The van der Waals surface area contributed by atoms with Crippen molar-refractivity contribution in [2.24, 2.45) is 0 Å². The van der Waals surface area contributed by atoms with E-state index in [1.165, 1.54) is 28.9 Å². The number of hydrogen-bond acceptors (Lipinski definition) is 3. The van der Waals surface area contributed by atoms with Crippen LogP contribution in [0.25, 0.3) is 11.1 Å². The number of halogens is 2. The largest absolute Gasteiger partial charge is 0.507 e. The van der Waals surface area contributed by atoms with Crippen LogP contribution in [0.3, 0.4) is 0 Å². The first-order chi connectivity index (χ1) is 18.9. The molecule has 0 amide bonds. The molecule has 0 saturated carbocycles. The zero-order valence-corrected chi connectivity index (χ0v) is 21.5. The topological polar surface area (TPSA) is 55.1 Å². The Labute approximate surface area is 225 Å². The highest BCUT2D eigenvalue weighted by molar-refractivity contribution is 5.75. The molecule has 0 aliphatic rings. The van der Waals surface area contributed by atoms with Crippen molar-refractivity contribution in [2.45, 2.75) is 32.2 Å². The first-order valence-corrected chi connectivity index (χ1v) is 12.8. The summed E-state index contributed by atoms with van der Waals surface area (Å²) in [4.78, 5) is 14.3. The summed E-state index contributed by atoms with van der Waals surface area (Å²) in [6, 6.07) is 28.9. The van der Waals surface area contributed by atoms with E-state index in [9.17, 15) is 18.7 Å². The minimum Gasteiger partial charge on any atom is -0.507 e. The molecular formula is C33H28F2N2O2. The van der Waals surface area contributed by atoms with Crippen LogP contribution in [0.4, 0.5) is 8.78 Å². The SMILES string of the molecule is Cc1nn(CCc2ccccc2)c(=O)c(C(Cc2ccc(F)cc2)c2ccc(F)cc2)c1-c1ccccc1O. The third kappa shape index (κ3) is 5.80. The summed E-state index contributed by atoms with van der Waals surface area (Å²) in [5.41, 5.74) is 4.43. The fraction of sp³-hybridized carbons (Fsp3) is 0.152. The normalized spacial score (nSPS) is 11.9. The van der Waals surface area contributed by atoms with Gasteiger partial charge in [-0.15, -0.1) is 0 Å². The summed E-state index contributed by atoms with van der Waals surface area (Å²) in [6.45, 7) is 2.19. The number of nitrogens with zero attached hydrogens (tertiary/aromatic N) is 2. The molecule has 4 nitrogen and oxygen atoms in total. The van der Waals surface area contributed by atoms with Gasteiger partial charge in [-0.25, -0.2) is 13.5 Å². The maximum Gasteiger partial charge on any atom is 0.271 e. The van der Waals surface area contributed by atoms with Crippen molar-refractivity contribution < 1.29 is 13.9 Å². The van der Waals surface area contributed by atoms with Crippen molar-refractivity contribution in [1.29, 1.82) is 0 Å². The Morgan fingerprint density at radius 3 is 2.08 bits per heavy atom. The maximum atomic E-state index is 14.3. The van der Waals surface area contributed by atoms with Gasteiger partial charge in [0.2, 0.25) is 0 Å². The first-order valence-electron chi connectivity index (χ1n) is 12.8. The average Bonchev–Trinajstić information content (AvgIpc) is 2.95.